The van der Waals surface area contributed by atoms with Crippen molar-refractivity contribution in [2.45, 2.75) is 6.54 Å². The molecule has 0 heterocycles. The number of nitrogens with one attached hydrogen (secondary N) is 2. The molecule has 5 heteroatoms. The average Bonchev–Trinajstić information content (AvgIpc) is 2.36. The second-order valence-electron chi connectivity index (χ2n) is 3.95. The van der Waals surface area contributed by atoms with Gasteiger partial charge in [0.05, 0.1) is 0 Å². The molecule has 2 aromatic rings. The number of hydrogen-bond donors (Lipinski definition) is 2. The van der Waals surface area contributed by atoms with Crippen LogP contribution in [0.4, 0.5) is 5.69 Å². The molecule has 0 aliphatic rings. The second kappa shape index (κ2) is 7.07. The highest BCUT2D eigenvalue weighted by Crippen LogP contribution is 2.14. The largest absolute Gasteiger partial charge is 0.358 e. The Kier molecular flexibility index (Phi) is 5.42. The fourth-order valence-corrected chi connectivity index (χ4v) is 2.56. The van der Waals surface area contributed by atoms with Crippen LogP contribution in [0.25, 0.3) is 0 Å². The lowest BCUT2D eigenvalue weighted by Gasteiger charge is -2.11. The van der Waals surface area contributed by atoms with Crippen LogP contribution in [0, 0.1) is 3.57 Å². The molecule has 2 N–H and O–H groups in total. The zero-order valence-electron chi connectivity index (χ0n) is 9.99. The van der Waals surface area contributed by atoms with Crippen molar-refractivity contribution in [3.8, 4) is 0 Å². The number of halogens is 2. The quantitative estimate of drug-likeness (QED) is 0.587. The zero-order chi connectivity index (χ0) is 13.7. The molecule has 0 aromatic heterocycles. The average molecular weight is 403 g/mol. The van der Waals surface area contributed by atoms with E-state index in [0.29, 0.717) is 16.7 Å². The smallest absolute Gasteiger partial charge is 0.171 e. The van der Waals surface area contributed by atoms with Gasteiger partial charge in [0, 0.05) is 20.8 Å². The summed E-state index contributed by atoms with van der Waals surface area (Å²) in [6.45, 7) is 0.698. The summed E-state index contributed by atoms with van der Waals surface area (Å²) in [6, 6.07) is 15.7. The molecule has 2 aromatic carbocycles. The van der Waals surface area contributed by atoms with E-state index < -0.39 is 0 Å². The van der Waals surface area contributed by atoms with Gasteiger partial charge in [-0.3, -0.25) is 0 Å². The van der Waals surface area contributed by atoms with Crippen molar-refractivity contribution in [2.24, 2.45) is 0 Å². The van der Waals surface area contributed by atoms with Gasteiger partial charge in [-0.1, -0.05) is 29.8 Å². The molecular formula is C14H12ClIN2S. The van der Waals surface area contributed by atoms with E-state index in [1.54, 1.807) is 0 Å². The Balaban J connectivity index is 1.88. The standard InChI is InChI=1S/C14H12ClIN2S/c15-11-4-2-6-13(8-11)18-14(19)17-9-10-3-1-5-12(16)7-10/h1-8H,9H2,(H2,17,18,19). The van der Waals surface area contributed by atoms with Crippen molar-refractivity contribution in [1.82, 2.24) is 5.32 Å². The summed E-state index contributed by atoms with van der Waals surface area (Å²) in [4.78, 5) is 0. The minimum atomic E-state index is 0.584. The number of anilines is 1. The fraction of sp³-hybridized carbons (Fsp3) is 0.0714. The summed E-state index contributed by atoms with van der Waals surface area (Å²) in [5, 5.41) is 7.54. The van der Waals surface area contributed by atoms with Crippen LogP contribution in [-0.4, -0.2) is 5.11 Å². The van der Waals surface area contributed by atoms with Crippen LogP contribution in [0.3, 0.4) is 0 Å². The third kappa shape index (κ3) is 4.97. The van der Waals surface area contributed by atoms with Crippen LogP contribution in [-0.2, 0) is 6.54 Å². The van der Waals surface area contributed by atoms with Crippen LogP contribution < -0.4 is 10.6 Å². The van der Waals surface area contributed by atoms with E-state index in [1.165, 1.54) is 9.13 Å². The summed E-state index contributed by atoms with van der Waals surface area (Å²) in [5.74, 6) is 0. The number of thiocarbonyl (C=S) groups is 1. The van der Waals surface area contributed by atoms with Crippen molar-refractivity contribution >= 4 is 57.2 Å². The minimum Gasteiger partial charge on any atom is -0.358 e. The summed E-state index contributed by atoms with van der Waals surface area (Å²) in [5.41, 5.74) is 2.08. The van der Waals surface area contributed by atoms with E-state index in [2.05, 4.69) is 51.4 Å². The maximum Gasteiger partial charge on any atom is 0.171 e. The molecule has 19 heavy (non-hydrogen) atoms. The Morgan fingerprint density at radius 2 is 1.95 bits per heavy atom. The molecule has 0 atom stereocenters. The van der Waals surface area contributed by atoms with Gasteiger partial charge in [0.25, 0.3) is 0 Å². The SMILES string of the molecule is S=C(NCc1cccc(I)c1)Nc1cccc(Cl)c1. The van der Waals surface area contributed by atoms with Gasteiger partial charge in [-0.05, 0) is 70.7 Å². The number of hydrogen-bond acceptors (Lipinski definition) is 1. The van der Waals surface area contributed by atoms with Gasteiger partial charge in [-0.25, -0.2) is 0 Å². The first kappa shape index (κ1) is 14.6. The summed E-state index contributed by atoms with van der Waals surface area (Å²) >= 11 is 13.5. The monoisotopic (exact) mass is 402 g/mol. The first-order chi connectivity index (χ1) is 9.13. The Bertz CT molecular complexity index is 589. The number of rotatable bonds is 3. The highest BCUT2D eigenvalue weighted by molar-refractivity contribution is 14.1. The molecule has 0 aliphatic carbocycles. The van der Waals surface area contributed by atoms with Gasteiger partial charge in [0.15, 0.2) is 5.11 Å². The van der Waals surface area contributed by atoms with Gasteiger partial charge >= 0.3 is 0 Å². The topological polar surface area (TPSA) is 24.1 Å². The molecular weight excluding hydrogens is 391 g/mol. The normalized spacial score (nSPS) is 10.0. The van der Waals surface area contributed by atoms with Gasteiger partial charge < -0.3 is 10.6 Å². The lowest BCUT2D eigenvalue weighted by Crippen LogP contribution is -2.27. The van der Waals surface area contributed by atoms with E-state index in [4.69, 9.17) is 23.8 Å². The predicted molar refractivity (Wildman–Crippen MR) is 93.7 cm³/mol. The molecule has 2 nitrogen and oxygen atoms in total. The van der Waals surface area contributed by atoms with Crippen molar-refractivity contribution in [3.05, 3.63) is 62.7 Å². The molecule has 0 radical (unpaired) electrons. The van der Waals surface area contributed by atoms with E-state index in [-0.39, 0.29) is 0 Å². The molecule has 2 rings (SSSR count). The Hall–Kier alpha value is -0.850. The Labute approximate surface area is 136 Å². The van der Waals surface area contributed by atoms with Crippen LogP contribution in [0.1, 0.15) is 5.56 Å². The minimum absolute atomic E-state index is 0.584. The van der Waals surface area contributed by atoms with Gasteiger partial charge in [0.2, 0.25) is 0 Å². The van der Waals surface area contributed by atoms with Crippen molar-refractivity contribution in [1.29, 1.82) is 0 Å². The first-order valence-corrected chi connectivity index (χ1v) is 7.55. The lowest BCUT2D eigenvalue weighted by atomic mass is 10.2. The predicted octanol–water partition coefficient (Wildman–Crippen LogP) is 4.43. The fourth-order valence-electron chi connectivity index (χ4n) is 1.57. The van der Waals surface area contributed by atoms with Gasteiger partial charge in [-0.15, -0.1) is 0 Å². The number of benzene rings is 2. The zero-order valence-corrected chi connectivity index (χ0v) is 13.7. The maximum absolute atomic E-state index is 5.91. The van der Waals surface area contributed by atoms with E-state index in [1.807, 2.05) is 30.3 Å². The van der Waals surface area contributed by atoms with Gasteiger partial charge in [0.1, 0.15) is 0 Å². The van der Waals surface area contributed by atoms with Crippen LogP contribution in [0.15, 0.2) is 48.5 Å². The van der Waals surface area contributed by atoms with Crippen molar-refractivity contribution in [2.75, 3.05) is 5.32 Å². The Morgan fingerprint density at radius 1 is 1.16 bits per heavy atom. The van der Waals surface area contributed by atoms with E-state index in [0.717, 1.165) is 5.69 Å². The van der Waals surface area contributed by atoms with Crippen molar-refractivity contribution in [3.63, 3.8) is 0 Å². The molecule has 0 aliphatic heterocycles. The van der Waals surface area contributed by atoms with Crippen LogP contribution in [0.2, 0.25) is 5.02 Å². The Morgan fingerprint density at radius 3 is 2.68 bits per heavy atom. The lowest BCUT2D eigenvalue weighted by molar-refractivity contribution is 0.925. The third-order valence-electron chi connectivity index (χ3n) is 2.42. The molecule has 98 valence electrons. The summed E-state index contributed by atoms with van der Waals surface area (Å²) in [6.07, 6.45) is 0. The third-order valence-corrected chi connectivity index (χ3v) is 3.58. The van der Waals surface area contributed by atoms with Crippen LogP contribution >= 0.6 is 46.4 Å². The maximum atomic E-state index is 5.91. The molecule has 0 saturated heterocycles. The molecule has 0 fully saturated rings. The summed E-state index contributed by atoms with van der Waals surface area (Å²) < 4.78 is 1.21. The molecule has 0 spiro atoms. The highest BCUT2D eigenvalue weighted by atomic mass is 127. The van der Waals surface area contributed by atoms with E-state index >= 15 is 0 Å². The molecule has 0 unspecified atom stereocenters. The molecule has 0 bridgehead atoms. The van der Waals surface area contributed by atoms with Crippen molar-refractivity contribution < 1.29 is 0 Å². The highest BCUT2D eigenvalue weighted by Gasteiger charge is 1.99. The van der Waals surface area contributed by atoms with Gasteiger partial charge in [-0.2, -0.15) is 0 Å². The molecule has 0 amide bonds. The summed E-state index contributed by atoms with van der Waals surface area (Å²) in [7, 11) is 0. The molecule has 0 saturated carbocycles. The van der Waals surface area contributed by atoms with Crippen LogP contribution in [0.5, 0.6) is 0 Å². The van der Waals surface area contributed by atoms with E-state index in [9.17, 15) is 0 Å². The second-order valence-corrected chi connectivity index (χ2v) is 6.04. The first-order valence-electron chi connectivity index (χ1n) is 5.68.